The lowest BCUT2D eigenvalue weighted by Gasteiger charge is -2.05. The lowest BCUT2D eigenvalue weighted by molar-refractivity contribution is 0.101. The molecule has 0 bridgehead atoms. The van der Waals surface area contributed by atoms with Gasteiger partial charge in [-0.2, -0.15) is 0 Å². The number of nitrogens with zero attached hydrogens (tertiary/aromatic N) is 2. The van der Waals surface area contributed by atoms with Gasteiger partial charge < -0.3 is 5.32 Å². The van der Waals surface area contributed by atoms with Gasteiger partial charge in [0.1, 0.15) is 4.88 Å². The van der Waals surface area contributed by atoms with Crippen molar-refractivity contribution in [2.75, 3.05) is 5.32 Å². The van der Waals surface area contributed by atoms with Gasteiger partial charge in [0.15, 0.2) is 5.69 Å². The van der Waals surface area contributed by atoms with Crippen LogP contribution in [-0.2, 0) is 0 Å². The molecule has 18 heavy (non-hydrogen) atoms. The van der Waals surface area contributed by atoms with Crippen LogP contribution in [0.15, 0.2) is 24.3 Å². The summed E-state index contributed by atoms with van der Waals surface area (Å²) in [4.78, 5) is 11.6. The number of hydrogen-bond donors (Lipinski definition) is 1. The van der Waals surface area contributed by atoms with E-state index >= 15 is 0 Å². The molecular weight excluding hydrogens is 284 g/mol. The molecule has 2 rings (SSSR count). The van der Waals surface area contributed by atoms with Crippen LogP contribution in [0.3, 0.4) is 0 Å². The van der Waals surface area contributed by atoms with Crippen LogP contribution in [-0.4, -0.2) is 15.5 Å². The van der Waals surface area contributed by atoms with Gasteiger partial charge in [-0.3, -0.25) is 4.79 Å². The standard InChI is InChI=1S/C10H6ClF2N3OS/c11-5-3-1-2-4-6(5)14-10(17)8-7(9(12)13)15-16-18-8/h1-4,9H,(H,14,17). The molecule has 1 aromatic heterocycles. The number of para-hydroxylation sites is 1. The highest BCUT2D eigenvalue weighted by Gasteiger charge is 2.23. The molecule has 0 atom stereocenters. The van der Waals surface area contributed by atoms with E-state index in [1.54, 1.807) is 24.3 Å². The van der Waals surface area contributed by atoms with Crippen molar-refractivity contribution in [3.8, 4) is 0 Å². The van der Waals surface area contributed by atoms with Gasteiger partial charge in [-0.25, -0.2) is 8.78 Å². The van der Waals surface area contributed by atoms with Crippen LogP contribution in [0.25, 0.3) is 0 Å². The maximum Gasteiger partial charge on any atom is 0.283 e. The Morgan fingerprint density at radius 2 is 2.11 bits per heavy atom. The number of halogens is 3. The highest BCUT2D eigenvalue weighted by atomic mass is 35.5. The quantitative estimate of drug-likeness (QED) is 0.942. The summed E-state index contributed by atoms with van der Waals surface area (Å²) in [6, 6.07) is 6.50. The van der Waals surface area contributed by atoms with E-state index in [0.717, 1.165) is 0 Å². The van der Waals surface area contributed by atoms with E-state index in [0.29, 0.717) is 22.2 Å². The Hall–Kier alpha value is -1.60. The fourth-order valence-electron chi connectivity index (χ4n) is 1.24. The fourth-order valence-corrected chi connectivity index (χ4v) is 1.99. The molecule has 4 nitrogen and oxygen atoms in total. The second kappa shape index (κ2) is 5.36. The van der Waals surface area contributed by atoms with Gasteiger partial charge in [-0.1, -0.05) is 28.2 Å². The Bertz CT molecular complexity index is 576. The molecule has 0 fully saturated rings. The van der Waals surface area contributed by atoms with Gasteiger partial charge in [-0.15, -0.1) is 5.10 Å². The SMILES string of the molecule is O=C(Nc1ccccc1Cl)c1snnc1C(F)F. The lowest BCUT2D eigenvalue weighted by Crippen LogP contribution is -2.13. The molecule has 1 aromatic carbocycles. The molecule has 1 amide bonds. The summed E-state index contributed by atoms with van der Waals surface area (Å²) in [5.74, 6) is -0.701. The van der Waals surface area contributed by atoms with Gasteiger partial charge in [0.25, 0.3) is 12.3 Å². The third-order valence-electron chi connectivity index (χ3n) is 2.05. The van der Waals surface area contributed by atoms with Crippen molar-refractivity contribution < 1.29 is 13.6 Å². The van der Waals surface area contributed by atoms with Crippen molar-refractivity contribution in [2.45, 2.75) is 6.43 Å². The largest absolute Gasteiger partial charge is 0.320 e. The Morgan fingerprint density at radius 1 is 1.39 bits per heavy atom. The third-order valence-corrected chi connectivity index (χ3v) is 3.12. The van der Waals surface area contributed by atoms with Gasteiger partial charge >= 0.3 is 0 Å². The maximum absolute atomic E-state index is 12.5. The van der Waals surface area contributed by atoms with Crippen LogP contribution >= 0.6 is 23.1 Å². The van der Waals surface area contributed by atoms with Crippen LogP contribution in [0.4, 0.5) is 14.5 Å². The highest BCUT2D eigenvalue weighted by molar-refractivity contribution is 7.08. The molecule has 8 heteroatoms. The van der Waals surface area contributed by atoms with Crippen molar-refractivity contribution >= 4 is 34.7 Å². The Morgan fingerprint density at radius 3 is 2.78 bits per heavy atom. The number of aromatic nitrogens is 2. The first-order valence-corrected chi connectivity index (χ1v) is 5.91. The van der Waals surface area contributed by atoms with Crippen LogP contribution in [0.1, 0.15) is 21.8 Å². The number of carbonyl (C=O) groups excluding carboxylic acids is 1. The topological polar surface area (TPSA) is 54.9 Å². The second-order valence-electron chi connectivity index (χ2n) is 3.22. The average molecular weight is 290 g/mol. The lowest BCUT2D eigenvalue weighted by atomic mass is 10.3. The molecule has 0 spiro atoms. The Balaban J connectivity index is 2.23. The molecule has 1 N–H and O–H groups in total. The van der Waals surface area contributed by atoms with Crippen LogP contribution in [0.2, 0.25) is 5.02 Å². The maximum atomic E-state index is 12.5. The fraction of sp³-hybridized carbons (Fsp3) is 0.100. The first-order chi connectivity index (χ1) is 8.59. The first-order valence-electron chi connectivity index (χ1n) is 4.76. The summed E-state index contributed by atoms with van der Waals surface area (Å²) < 4.78 is 28.4. The Kier molecular flexibility index (Phi) is 3.83. The number of amides is 1. The van der Waals surface area contributed by atoms with E-state index in [9.17, 15) is 13.6 Å². The summed E-state index contributed by atoms with van der Waals surface area (Å²) in [5, 5.41) is 5.98. The molecule has 0 saturated carbocycles. The minimum atomic E-state index is -2.84. The molecular formula is C10H6ClF2N3OS. The van der Waals surface area contributed by atoms with E-state index in [-0.39, 0.29) is 4.88 Å². The van der Waals surface area contributed by atoms with Gasteiger partial charge in [0.2, 0.25) is 0 Å². The molecule has 0 aliphatic carbocycles. The molecule has 0 unspecified atom stereocenters. The summed E-state index contributed by atoms with van der Waals surface area (Å²) in [7, 11) is 0. The smallest absolute Gasteiger partial charge is 0.283 e. The summed E-state index contributed by atoms with van der Waals surface area (Å²) in [5.41, 5.74) is -0.276. The second-order valence-corrected chi connectivity index (χ2v) is 4.38. The zero-order valence-electron chi connectivity index (χ0n) is 8.73. The van der Waals surface area contributed by atoms with E-state index in [2.05, 4.69) is 14.9 Å². The summed E-state index contributed by atoms with van der Waals surface area (Å²) >= 11 is 6.46. The third kappa shape index (κ3) is 2.62. The van der Waals surface area contributed by atoms with Crippen LogP contribution in [0.5, 0.6) is 0 Å². The van der Waals surface area contributed by atoms with E-state index < -0.39 is 18.0 Å². The minimum absolute atomic E-state index is 0.218. The van der Waals surface area contributed by atoms with Crippen molar-refractivity contribution in [1.29, 1.82) is 0 Å². The summed E-state index contributed by atoms with van der Waals surface area (Å²) in [6.45, 7) is 0. The predicted molar refractivity (Wildman–Crippen MR) is 64.3 cm³/mol. The molecule has 0 aliphatic heterocycles. The minimum Gasteiger partial charge on any atom is -0.320 e. The monoisotopic (exact) mass is 289 g/mol. The van der Waals surface area contributed by atoms with Crippen molar-refractivity contribution in [3.05, 3.63) is 39.9 Å². The van der Waals surface area contributed by atoms with E-state index in [4.69, 9.17) is 11.6 Å². The zero-order chi connectivity index (χ0) is 13.1. The van der Waals surface area contributed by atoms with Crippen molar-refractivity contribution in [1.82, 2.24) is 9.59 Å². The van der Waals surface area contributed by atoms with Crippen LogP contribution in [0, 0.1) is 0 Å². The van der Waals surface area contributed by atoms with Gasteiger partial charge in [-0.05, 0) is 23.7 Å². The number of carbonyl (C=O) groups is 1. The molecule has 1 heterocycles. The van der Waals surface area contributed by atoms with Gasteiger partial charge in [0.05, 0.1) is 10.7 Å². The zero-order valence-corrected chi connectivity index (χ0v) is 10.3. The summed E-state index contributed by atoms with van der Waals surface area (Å²) in [6.07, 6.45) is -2.84. The van der Waals surface area contributed by atoms with E-state index in [1.165, 1.54) is 0 Å². The highest BCUT2D eigenvalue weighted by Crippen LogP contribution is 2.25. The molecule has 0 radical (unpaired) electrons. The number of nitrogens with one attached hydrogen (secondary N) is 1. The van der Waals surface area contributed by atoms with Gasteiger partial charge in [0, 0.05) is 0 Å². The number of hydrogen-bond acceptors (Lipinski definition) is 4. The normalized spacial score (nSPS) is 10.7. The molecule has 94 valence electrons. The van der Waals surface area contributed by atoms with Crippen molar-refractivity contribution in [2.24, 2.45) is 0 Å². The Labute approximate surface area is 110 Å². The van der Waals surface area contributed by atoms with Crippen LogP contribution < -0.4 is 5.32 Å². The number of anilines is 1. The van der Waals surface area contributed by atoms with Crippen molar-refractivity contribution in [3.63, 3.8) is 0 Å². The number of alkyl halides is 2. The van der Waals surface area contributed by atoms with E-state index in [1.807, 2.05) is 0 Å². The predicted octanol–water partition coefficient (Wildman–Crippen LogP) is 3.38. The number of benzene rings is 1. The number of rotatable bonds is 3. The molecule has 0 saturated heterocycles. The average Bonchev–Trinajstić information content (AvgIpc) is 2.81. The molecule has 2 aromatic rings. The molecule has 0 aliphatic rings. The first kappa shape index (κ1) is 12.8.